The molecule has 26 heavy (non-hydrogen) atoms. The van der Waals surface area contributed by atoms with Crippen LogP contribution < -0.4 is 4.74 Å². The first-order valence-electron chi connectivity index (χ1n) is 9.25. The third-order valence-corrected chi connectivity index (χ3v) is 5.06. The van der Waals surface area contributed by atoms with Gasteiger partial charge in [0.25, 0.3) is 0 Å². The van der Waals surface area contributed by atoms with Crippen LogP contribution in [0, 0.1) is 0 Å². The Morgan fingerprint density at radius 3 is 2.69 bits per heavy atom. The maximum absolute atomic E-state index is 6.01. The van der Waals surface area contributed by atoms with Gasteiger partial charge >= 0.3 is 0 Å². The fourth-order valence-electron chi connectivity index (χ4n) is 3.45. The number of hydrogen-bond donors (Lipinski definition) is 0. The highest BCUT2D eigenvalue weighted by molar-refractivity contribution is 6.30. The van der Waals surface area contributed by atoms with Gasteiger partial charge in [-0.05, 0) is 50.0 Å². The van der Waals surface area contributed by atoms with Gasteiger partial charge in [-0.25, -0.2) is 9.50 Å². The number of benzene rings is 1. The molecule has 0 aliphatic carbocycles. The molecule has 136 valence electrons. The summed E-state index contributed by atoms with van der Waals surface area (Å²) >= 11 is 6.01. The number of imidazole rings is 1. The first kappa shape index (κ1) is 17.3. The second-order valence-corrected chi connectivity index (χ2v) is 7.14. The number of fused-ring (bicyclic) bond motifs is 1. The molecule has 0 atom stereocenters. The smallest absolute Gasteiger partial charge is 0.232 e. The minimum atomic E-state index is 0.624. The Balaban J connectivity index is 1.46. The van der Waals surface area contributed by atoms with Crippen molar-refractivity contribution >= 4 is 17.2 Å². The summed E-state index contributed by atoms with van der Waals surface area (Å²) in [5.74, 6) is 0.624. The lowest BCUT2D eigenvalue weighted by atomic mass is 10.1. The van der Waals surface area contributed by atoms with Gasteiger partial charge in [0.15, 0.2) is 5.65 Å². The van der Waals surface area contributed by atoms with Crippen molar-refractivity contribution in [3.63, 3.8) is 0 Å². The fourth-order valence-corrected chi connectivity index (χ4v) is 3.58. The van der Waals surface area contributed by atoms with E-state index in [0.29, 0.717) is 12.5 Å². The van der Waals surface area contributed by atoms with Crippen LogP contribution in [0.4, 0.5) is 0 Å². The van der Waals surface area contributed by atoms with Gasteiger partial charge in [-0.15, -0.1) is 5.10 Å². The van der Waals surface area contributed by atoms with Gasteiger partial charge in [-0.3, -0.25) is 0 Å². The molecule has 0 amide bonds. The Morgan fingerprint density at radius 1 is 1.08 bits per heavy atom. The molecule has 1 aromatic carbocycles. The number of nitrogens with zero attached hydrogens (tertiary/aromatic N) is 4. The minimum Gasteiger partial charge on any atom is -0.477 e. The summed E-state index contributed by atoms with van der Waals surface area (Å²) < 4.78 is 7.72. The highest BCUT2D eigenvalue weighted by atomic mass is 35.5. The summed E-state index contributed by atoms with van der Waals surface area (Å²) in [5.41, 5.74) is 2.85. The predicted octanol–water partition coefficient (Wildman–Crippen LogP) is 4.30. The molecule has 1 aliphatic heterocycles. The number of hydrogen-bond acceptors (Lipinski definition) is 4. The van der Waals surface area contributed by atoms with E-state index in [0.717, 1.165) is 34.8 Å². The average Bonchev–Trinajstić information content (AvgIpc) is 3.15. The van der Waals surface area contributed by atoms with Crippen LogP contribution in [0.2, 0.25) is 5.02 Å². The summed E-state index contributed by atoms with van der Waals surface area (Å²) in [4.78, 5) is 6.95. The molecule has 3 aromatic rings. The van der Waals surface area contributed by atoms with Crippen LogP contribution in [0.15, 0.2) is 42.7 Å². The molecule has 3 heterocycles. The second kappa shape index (κ2) is 8.06. The highest BCUT2D eigenvalue weighted by Crippen LogP contribution is 2.27. The van der Waals surface area contributed by atoms with E-state index in [4.69, 9.17) is 16.3 Å². The van der Waals surface area contributed by atoms with Gasteiger partial charge in [0.2, 0.25) is 5.88 Å². The van der Waals surface area contributed by atoms with Gasteiger partial charge in [0, 0.05) is 35.6 Å². The van der Waals surface area contributed by atoms with Crippen LogP contribution in [0.5, 0.6) is 5.88 Å². The minimum absolute atomic E-state index is 0.624. The van der Waals surface area contributed by atoms with Crippen LogP contribution in [0.3, 0.4) is 0 Å². The molecule has 0 saturated carbocycles. The number of piperidine rings is 1. The van der Waals surface area contributed by atoms with E-state index in [1.807, 2.05) is 36.5 Å². The van der Waals surface area contributed by atoms with Crippen molar-refractivity contribution in [1.82, 2.24) is 19.5 Å². The molecular formula is C20H23ClN4O. The number of likely N-dealkylation sites (tertiary alicyclic amines) is 1. The van der Waals surface area contributed by atoms with Crippen molar-refractivity contribution in [2.45, 2.75) is 25.7 Å². The van der Waals surface area contributed by atoms with Gasteiger partial charge in [-0.1, -0.05) is 30.2 Å². The van der Waals surface area contributed by atoms with Gasteiger partial charge < -0.3 is 9.64 Å². The summed E-state index contributed by atoms with van der Waals surface area (Å²) in [6.07, 6.45) is 8.63. The van der Waals surface area contributed by atoms with Gasteiger partial charge in [-0.2, -0.15) is 0 Å². The Kier molecular flexibility index (Phi) is 5.37. The Morgan fingerprint density at radius 2 is 1.88 bits per heavy atom. The molecule has 6 heteroatoms. The van der Waals surface area contributed by atoms with E-state index >= 15 is 0 Å². The monoisotopic (exact) mass is 370 g/mol. The number of rotatable bonds is 6. The largest absolute Gasteiger partial charge is 0.477 e. The quantitative estimate of drug-likeness (QED) is 0.606. The lowest BCUT2D eigenvalue weighted by molar-refractivity contribution is 0.202. The van der Waals surface area contributed by atoms with Crippen molar-refractivity contribution in [3.05, 3.63) is 47.7 Å². The van der Waals surface area contributed by atoms with Crippen molar-refractivity contribution in [2.75, 3.05) is 26.2 Å². The van der Waals surface area contributed by atoms with E-state index in [1.54, 1.807) is 10.7 Å². The van der Waals surface area contributed by atoms with Crippen LogP contribution in [0.25, 0.3) is 16.8 Å². The van der Waals surface area contributed by atoms with E-state index in [1.165, 1.54) is 32.4 Å². The first-order chi connectivity index (χ1) is 12.8. The number of halogens is 1. The summed E-state index contributed by atoms with van der Waals surface area (Å²) in [5, 5.41) is 5.23. The van der Waals surface area contributed by atoms with E-state index in [9.17, 15) is 0 Å². The van der Waals surface area contributed by atoms with Gasteiger partial charge in [0.05, 0.1) is 6.61 Å². The summed E-state index contributed by atoms with van der Waals surface area (Å²) in [6, 6.07) is 9.72. The van der Waals surface area contributed by atoms with Crippen LogP contribution in [0.1, 0.15) is 25.7 Å². The molecule has 1 fully saturated rings. The third-order valence-electron chi connectivity index (χ3n) is 4.81. The fraction of sp³-hybridized carbons (Fsp3) is 0.400. The van der Waals surface area contributed by atoms with Crippen molar-refractivity contribution in [1.29, 1.82) is 0 Å². The summed E-state index contributed by atoms with van der Waals surface area (Å²) in [6.45, 7) is 4.21. The first-order valence-corrected chi connectivity index (χ1v) is 9.63. The molecule has 0 N–H and O–H groups in total. The molecule has 0 radical (unpaired) electrons. The molecule has 0 unspecified atom stereocenters. The standard InChI is InChI=1S/C20H23ClN4O/c21-17-7-5-16(6-8-17)18-15-19(23-25-13-9-22-20(18)25)26-14-4-12-24-10-2-1-3-11-24/h5-9,13,15H,1-4,10-12,14H2. The average molecular weight is 371 g/mol. The van der Waals surface area contributed by atoms with Gasteiger partial charge in [0.1, 0.15) is 0 Å². The molecule has 0 bridgehead atoms. The third kappa shape index (κ3) is 4.00. The molecule has 5 nitrogen and oxygen atoms in total. The number of ether oxygens (including phenoxy) is 1. The lowest BCUT2D eigenvalue weighted by Gasteiger charge is -2.26. The van der Waals surface area contributed by atoms with E-state index in [-0.39, 0.29) is 0 Å². The van der Waals surface area contributed by atoms with Crippen LogP contribution >= 0.6 is 11.6 Å². The van der Waals surface area contributed by atoms with Crippen molar-refractivity contribution in [2.24, 2.45) is 0 Å². The normalized spacial score (nSPS) is 15.4. The molecule has 0 spiro atoms. The molecular weight excluding hydrogens is 348 g/mol. The summed E-state index contributed by atoms with van der Waals surface area (Å²) in [7, 11) is 0. The lowest BCUT2D eigenvalue weighted by Crippen LogP contribution is -2.31. The zero-order chi connectivity index (χ0) is 17.8. The van der Waals surface area contributed by atoms with E-state index < -0.39 is 0 Å². The molecule has 1 saturated heterocycles. The van der Waals surface area contributed by atoms with Crippen LogP contribution in [-0.2, 0) is 0 Å². The zero-order valence-electron chi connectivity index (χ0n) is 14.8. The van der Waals surface area contributed by atoms with Crippen LogP contribution in [-0.4, -0.2) is 45.7 Å². The Hall–Kier alpha value is -2.11. The molecule has 4 rings (SSSR count). The Bertz CT molecular complexity index is 856. The molecule has 2 aromatic heterocycles. The predicted molar refractivity (Wildman–Crippen MR) is 104 cm³/mol. The number of aromatic nitrogens is 3. The zero-order valence-corrected chi connectivity index (χ0v) is 15.5. The topological polar surface area (TPSA) is 42.7 Å². The molecule has 1 aliphatic rings. The maximum Gasteiger partial charge on any atom is 0.232 e. The Labute approximate surface area is 158 Å². The maximum atomic E-state index is 6.01. The van der Waals surface area contributed by atoms with E-state index in [2.05, 4.69) is 15.0 Å². The van der Waals surface area contributed by atoms with Crippen molar-refractivity contribution in [3.8, 4) is 17.0 Å². The highest BCUT2D eigenvalue weighted by Gasteiger charge is 2.12. The SMILES string of the molecule is Clc1ccc(-c2cc(OCCCN3CCCCC3)nn3ccnc23)cc1. The van der Waals surface area contributed by atoms with Crippen molar-refractivity contribution < 1.29 is 4.74 Å². The second-order valence-electron chi connectivity index (χ2n) is 6.70.